The number of primary amides is 1. The van der Waals surface area contributed by atoms with E-state index in [1.165, 1.54) is 25.1 Å². The molecule has 0 saturated heterocycles. The van der Waals surface area contributed by atoms with Crippen LogP contribution in [0.5, 0.6) is 0 Å². The Labute approximate surface area is 103 Å². The molecule has 0 aliphatic heterocycles. The van der Waals surface area contributed by atoms with Crippen molar-refractivity contribution in [1.82, 2.24) is 0 Å². The fraction of sp³-hybridized carbons (Fsp3) is 0.273. The summed E-state index contributed by atoms with van der Waals surface area (Å²) in [6, 6.07) is 4.13. The number of carbonyl (C=O) groups excluding carboxylic acids is 2. The van der Waals surface area contributed by atoms with Crippen molar-refractivity contribution in [3.8, 4) is 0 Å². The van der Waals surface area contributed by atoms with E-state index in [0.29, 0.717) is 5.56 Å². The second-order valence-corrected chi connectivity index (χ2v) is 3.99. The third-order valence-electron chi connectivity index (χ3n) is 2.30. The summed E-state index contributed by atoms with van der Waals surface area (Å²) in [6.45, 7) is 1.36. The van der Waals surface area contributed by atoms with Crippen LogP contribution >= 0.6 is 11.6 Å². The molecule has 0 spiro atoms. The second kappa shape index (κ2) is 5.27. The number of Topliss-reactive ketones (excluding diaryl/α,β-unsaturated/α-hetero) is 1. The van der Waals surface area contributed by atoms with Crippen molar-refractivity contribution >= 4 is 23.3 Å². The van der Waals surface area contributed by atoms with Crippen LogP contribution in [0.2, 0.25) is 5.02 Å². The van der Waals surface area contributed by atoms with Crippen molar-refractivity contribution in [2.75, 3.05) is 0 Å². The maximum absolute atomic E-state index is 11.1. The Morgan fingerprint density at radius 3 is 2.35 bits per heavy atom. The van der Waals surface area contributed by atoms with Crippen LogP contribution in [0, 0.1) is 0 Å². The number of benzene rings is 1. The van der Waals surface area contributed by atoms with Crippen LogP contribution in [0.3, 0.4) is 0 Å². The minimum atomic E-state index is -1.71. The molecule has 0 fully saturated rings. The zero-order valence-electron chi connectivity index (χ0n) is 9.05. The van der Waals surface area contributed by atoms with Gasteiger partial charge in [-0.05, 0) is 24.6 Å². The fourth-order valence-corrected chi connectivity index (χ4v) is 1.66. The van der Waals surface area contributed by atoms with Gasteiger partial charge in [0.1, 0.15) is 6.10 Å². The third-order valence-corrected chi connectivity index (χ3v) is 2.62. The van der Waals surface area contributed by atoms with E-state index in [1.54, 1.807) is 0 Å². The van der Waals surface area contributed by atoms with Crippen molar-refractivity contribution in [1.29, 1.82) is 0 Å². The lowest BCUT2D eigenvalue weighted by molar-refractivity contribution is -0.131. The van der Waals surface area contributed by atoms with Gasteiger partial charge in [-0.25, -0.2) is 0 Å². The first kappa shape index (κ1) is 13.6. The van der Waals surface area contributed by atoms with Gasteiger partial charge in [0.25, 0.3) is 0 Å². The summed E-state index contributed by atoms with van der Waals surface area (Å²) in [4.78, 5) is 21.8. The topological polar surface area (TPSA) is 101 Å². The number of hydrogen-bond acceptors (Lipinski definition) is 4. The van der Waals surface area contributed by atoms with E-state index in [9.17, 15) is 19.8 Å². The highest BCUT2D eigenvalue weighted by Gasteiger charge is 2.24. The van der Waals surface area contributed by atoms with Gasteiger partial charge in [0.05, 0.1) is 5.02 Å². The van der Waals surface area contributed by atoms with Gasteiger partial charge in [-0.1, -0.05) is 17.7 Å². The smallest absolute Gasteiger partial charge is 0.249 e. The van der Waals surface area contributed by atoms with Crippen LogP contribution in [-0.2, 0) is 4.79 Å². The Kier molecular flexibility index (Phi) is 4.22. The van der Waals surface area contributed by atoms with Gasteiger partial charge in [-0.2, -0.15) is 0 Å². The van der Waals surface area contributed by atoms with Gasteiger partial charge in [-0.15, -0.1) is 0 Å². The standard InChI is InChI=1S/C11H12ClNO4/c1-5(14)7-3-2-6(4-8(7)12)9(15)10(16)11(13)17/h2-4,9-10,15-16H,1H3,(H2,13,17). The van der Waals surface area contributed by atoms with Crippen molar-refractivity contribution in [2.45, 2.75) is 19.1 Å². The maximum atomic E-state index is 11.1. The Hall–Kier alpha value is -1.43. The minimum absolute atomic E-state index is 0.144. The molecule has 0 aliphatic rings. The molecule has 17 heavy (non-hydrogen) atoms. The number of aliphatic hydroxyl groups excluding tert-OH is 2. The molecule has 1 amide bonds. The Bertz CT molecular complexity index is 461. The highest BCUT2D eigenvalue weighted by atomic mass is 35.5. The molecular formula is C11H12ClNO4. The number of carbonyl (C=O) groups is 2. The fourth-order valence-electron chi connectivity index (χ4n) is 1.34. The maximum Gasteiger partial charge on any atom is 0.249 e. The van der Waals surface area contributed by atoms with Gasteiger partial charge >= 0.3 is 0 Å². The Morgan fingerprint density at radius 2 is 1.94 bits per heavy atom. The van der Waals surface area contributed by atoms with E-state index in [-0.39, 0.29) is 16.4 Å². The third kappa shape index (κ3) is 3.03. The lowest BCUT2D eigenvalue weighted by Gasteiger charge is -2.15. The predicted molar refractivity (Wildman–Crippen MR) is 61.6 cm³/mol. The molecule has 0 radical (unpaired) electrons. The average molecular weight is 258 g/mol. The zero-order valence-corrected chi connectivity index (χ0v) is 9.81. The molecule has 6 heteroatoms. The van der Waals surface area contributed by atoms with Crippen LogP contribution < -0.4 is 5.73 Å². The van der Waals surface area contributed by atoms with Crippen LogP contribution in [0.25, 0.3) is 0 Å². The highest BCUT2D eigenvalue weighted by Crippen LogP contribution is 2.24. The summed E-state index contributed by atoms with van der Waals surface area (Å²) in [6.07, 6.45) is -3.18. The second-order valence-electron chi connectivity index (χ2n) is 3.59. The molecule has 0 heterocycles. The highest BCUT2D eigenvalue weighted by molar-refractivity contribution is 6.33. The number of hydrogen-bond donors (Lipinski definition) is 3. The SMILES string of the molecule is CC(=O)c1ccc(C(O)C(O)C(N)=O)cc1Cl. The first-order valence-electron chi connectivity index (χ1n) is 4.80. The van der Waals surface area contributed by atoms with Crippen molar-refractivity contribution in [3.05, 3.63) is 34.3 Å². The quantitative estimate of drug-likeness (QED) is 0.681. The normalized spacial score (nSPS) is 14.1. The lowest BCUT2D eigenvalue weighted by Crippen LogP contribution is -2.33. The van der Waals surface area contributed by atoms with E-state index >= 15 is 0 Å². The van der Waals surface area contributed by atoms with E-state index in [4.69, 9.17) is 17.3 Å². The number of nitrogens with two attached hydrogens (primary N) is 1. The number of amides is 1. The number of rotatable bonds is 4. The molecule has 92 valence electrons. The van der Waals surface area contributed by atoms with Crippen molar-refractivity contribution in [3.63, 3.8) is 0 Å². The van der Waals surface area contributed by atoms with E-state index in [2.05, 4.69) is 0 Å². The molecule has 0 aliphatic carbocycles. The van der Waals surface area contributed by atoms with Gasteiger partial charge in [0.15, 0.2) is 11.9 Å². The molecule has 5 nitrogen and oxygen atoms in total. The Morgan fingerprint density at radius 1 is 1.35 bits per heavy atom. The van der Waals surface area contributed by atoms with E-state index in [1.807, 2.05) is 0 Å². The molecule has 1 rings (SSSR count). The molecule has 4 N–H and O–H groups in total. The average Bonchev–Trinajstić information content (AvgIpc) is 2.26. The molecule has 0 aromatic heterocycles. The van der Waals surface area contributed by atoms with Crippen LogP contribution in [0.4, 0.5) is 0 Å². The largest absolute Gasteiger partial charge is 0.385 e. The van der Waals surface area contributed by atoms with Gasteiger partial charge in [0.2, 0.25) is 5.91 Å². The molecule has 0 saturated carbocycles. The van der Waals surface area contributed by atoms with Gasteiger partial charge in [-0.3, -0.25) is 9.59 Å². The van der Waals surface area contributed by atoms with Crippen LogP contribution in [-0.4, -0.2) is 28.0 Å². The number of halogens is 1. The van der Waals surface area contributed by atoms with Crippen LogP contribution in [0.15, 0.2) is 18.2 Å². The summed E-state index contributed by atoms with van der Waals surface area (Å²) in [5, 5.41) is 19.0. The summed E-state index contributed by atoms with van der Waals surface area (Å²) < 4.78 is 0. The summed E-state index contributed by atoms with van der Waals surface area (Å²) >= 11 is 5.82. The van der Waals surface area contributed by atoms with Crippen molar-refractivity contribution < 1.29 is 19.8 Å². The van der Waals surface area contributed by atoms with Gasteiger partial charge < -0.3 is 15.9 Å². The molecule has 0 bridgehead atoms. The lowest BCUT2D eigenvalue weighted by atomic mass is 10.0. The molecule has 1 aromatic rings. The predicted octanol–water partition coefficient (Wildman–Crippen LogP) is 0.422. The van der Waals surface area contributed by atoms with E-state index in [0.717, 1.165) is 0 Å². The van der Waals surface area contributed by atoms with Crippen molar-refractivity contribution in [2.24, 2.45) is 5.73 Å². The molecule has 1 aromatic carbocycles. The van der Waals surface area contributed by atoms with Crippen LogP contribution in [0.1, 0.15) is 28.9 Å². The Balaban J connectivity index is 3.05. The molecular weight excluding hydrogens is 246 g/mol. The minimum Gasteiger partial charge on any atom is -0.385 e. The summed E-state index contributed by atoms with van der Waals surface area (Å²) in [5.74, 6) is -1.25. The summed E-state index contributed by atoms with van der Waals surface area (Å²) in [5.41, 5.74) is 5.37. The zero-order chi connectivity index (χ0) is 13.2. The molecule has 2 atom stereocenters. The summed E-state index contributed by atoms with van der Waals surface area (Å²) in [7, 11) is 0. The number of ketones is 1. The molecule has 2 unspecified atom stereocenters. The monoisotopic (exact) mass is 257 g/mol. The first-order valence-corrected chi connectivity index (χ1v) is 5.18. The van der Waals surface area contributed by atoms with Gasteiger partial charge in [0, 0.05) is 5.56 Å². The first-order chi connectivity index (χ1) is 7.84. The number of aliphatic hydroxyl groups is 2. The van der Waals surface area contributed by atoms with E-state index < -0.39 is 18.1 Å².